The molecule has 0 amide bonds. The average molecular weight is 400 g/mol. The second kappa shape index (κ2) is 6.08. The first-order chi connectivity index (χ1) is 10.5. The van der Waals surface area contributed by atoms with E-state index in [0.29, 0.717) is 5.84 Å². The Balaban J connectivity index is 1.75. The van der Waals surface area contributed by atoms with Crippen LogP contribution in [0.25, 0.3) is 0 Å². The third kappa shape index (κ3) is 3.29. The molecule has 2 aromatic rings. The van der Waals surface area contributed by atoms with Crippen molar-refractivity contribution < 1.29 is 0 Å². The van der Waals surface area contributed by atoms with E-state index in [1.807, 2.05) is 18.2 Å². The van der Waals surface area contributed by atoms with E-state index in [0.717, 1.165) is 17.1 Å². The summed E-state index contributed by atoms with van der Waals surface area (Å²) in [5, 5.41) is 8.66. The predicted octanol–water partition coefficient (Wildman–Crippen LogP) is 1.84. The molecule has 1 aromatic carbocycles. The molecule has 5 nitrogen and oxygen atoms in total. The Morgan fingerprint density at radius 3 is 2.05 bits per heavy atom. The Kier molecular flexibility index (Phi) is 4.15. The molecule has 0 unspecified atom stereocenters. The van der Waals surface area contributed by atoms with Crippen LogP contribution in [0.3, 0.4) is 0 Å². The predicted molar refractivity (Wildman–Crippen MR) is 93.0 cm³/mol. The Labute approximate surface area is 134 Å². The van der Waals surface area contributed by atoms with Crippen LogP contribution in [0.15, 0.2) is 58.9 Å². The first kappa shape index (κ1) is 15.0. The number of aromatic nitrogens is 1. The Bertz CT molecular complexity index is 714. The molecule has 0 radical (unpaired) electrons. The molecule has 22 heavy (non-hydrogen) atoms. The van der Waals surface area contributed by atoms with Crippen LogP contribution in [-0.2, 0) is 0 Å². The molecular formula is C16H19N5Sn. The van der Waals surface area contributed by atoms with Crippen LogP contribution in [0.4, 0.5) is 0 Å². The van der Waals surface area contributed by atoms with Crippen molar-refractivity contribution in [3.63, 3.8) is 0 Å². The topological polar surface area (TPSA) is 61.7 Å². The van der Waals surface area contributed by atoms with Gasteiger partial charge in [-0.05, 0) is 0 Å². The summed E-state index contributed by atoms with van der Waals surface area (Å²) in [6.07, 6.45) is 1.73. The fourth-order valence-electron chi connectivity index (χ4n) is 2.14. The van der Waals surface area contributed by atoms with Crippen LogP contribution >= 0.6 is 0 Å². The Morgan fingerprint density at radius 2 is 1.50 bits per heavy atom. The number of nitrogens with one attached hydrogen (secondary N) is 2. The summed E-state index contributed by atoms with van der Waals surface area (Å²) in [4.78, 5) is 11.5. The molecule has 6 heteroatoms. The summed E-state index contributed by atoms with van der Waals surface area (Å²) in [7, 11) is 0. The van der Waals surface area contributed by atoms with E-state index in [1.165, 1.54) is 3.58 Å². The molecule has 112 valence electrons. The minimum atomic E-state index is -2.00. The van der Waals surface area contributed by atoms with Crippen molar-refractivity contribution in [3.8, 4) is 0 Å². The second-order valence-corrected chi connectivity index (χ2v) is 20.7. The van der Waals surface area contributed by atoms with Crippen LogP contribution in [0.2, 0.25) is 14.8 Å². The van der Waals surface area contributed by atoms with Gasteiger partial charge in [0, 0.05) is 0 Å². The second-order valence-electron chi connectivity index (χ2n) is 6.19. The van der Waals surface area contributed by atoms with Crippen molar-refractivity contribution in [3.05, 3.63) is 59.9 Å². The summed E-state index contributed by atoms with van der Waals surface area (Å²) in [5.74, 6) is 1.34. The number of rotatable bonds is 3. The zero-order chi connectivity index (χ0) is 15.6. The van der Waals surface area contributed by atoms with Gasteiger partial charge >= 0.3 is 134 Å². The SMILES string of the molecule is [CH3][Sn]([CH3])([CH3])[c]1ccc(C2=NNC(c3ccccn3)=NN2)cc1. The Hall–Kier alpha value is -1.89. The van der Waals surface area contributed by atoms with Gasteiger partial charge in [0.25, 0.3) is 0 Å². The van der Waals surface area contributed by atoms with Crippen LogP contribution in [0.1, 0.15) is 11.3 Å². The molecule has 2 heterocycles. The summed E-state index contributed by atoms with van der Waals surface area (Å²) in [5.41, 5.74) is 7.73. The molecule has 0 aliphatic carbocycles. The zero-order valence-electron chi connectivity index (χ0n) is 13.0. The third-order valence-electron chi connectivity index (χ3n) is 3.48. The average Bonchev–Trinajstić information content (AvgIpc) is 2.55. The quantitative estimate of drug-likeness (QED) is 0.774. The molecule has 1 aliphatic rings. The summed E-state index contributed by atoms with van der Waals surface area (Å²) in [6, 6.07) is 14.3. The molecule has 0 spiro atoms. The van der Waals surface area contributed by atoms with Gasteiger partial charge in [0.05, 0.1) is 0 Å². The number of pyridine rings is 1. The van der Waals surface area contributed by atoms with Crippen molar-refractivity contribution in [1.82, 2.24) is 15.8 Å². The van der Waals surface area contributed by atoms with Gasteiger partial charge in [-0.3, -0.25) is 0 Å². The zero-order valence-corrected chi connectivity index (χ0v) is 15.8. The standard InChI is InChI=1S/C13H10N5.3CH3.Sn/c1-2-6-10(7-3-1)12-15-17-13(18-16-12)11-8-4-5-9-14-11;;;;/h2-9H,(H,15,16)(H,17,18);3*1H3;. The van der Waals surface area contributed by atoms with Crippen LogP contribution in [-0.4, -0.2) is 35.0 Å². The van der Waals surface area contributed by atoms with E-state index in [-0.39, 0.29) is 0 Å². The maximum atomic E-state index is 4.35. The van der Waals surface area contributed by atoms with E-state index in [1.54, 1.807) is 6.20 Å². The van der Waals surface area contributed by atoms with Crippen LogP contribution in [0.5, 0.6) is 0 Å². The van der Waals surface area contributed by atoms with Crippen LogP contribution in [0, 0.1) is 0 Å². The van der Waals surface area contributed by atoms with Gasteiger partial charge in [-0.2, -0.15) is 0 Å². The van der Waals surface area contributed by atoms with E-state index in [9.17, 15) is 0 Å². The maximum absolute atomic E-state index is 4.35. The van der Waals surface area contributed by atoms with Crippen molar-refractivity contribution in [1.29, 1.82) is 0 Å². The van der Waals surface area contributed by atoms with E-state index < -0.39 is 18.4 Å². The van der Waals surface area contributed by atoms with E-state index >= 15 is 0 Å². The third-order valence-corrected chi connectivity index (χ3v) is 9.37. The number of hydrogen-bond donors (Lipinski definition) is 2. The molecule has 3 rings (SSSR count). The minimum absolute atomic E-state index is 0.617. The van der Waals surface area contributed by atoms with Gasteiger partial charge in [0.2, 0.25) is 0 Å². The molecule has 0 saturated carbocycles. The number of benzene rings is 1. The van der Waals surface area contributed by atoms with E-state index in [4.69, 9.17) is 0 Å². The number of hydrazone groups is 2. The fraction of sp³-hybridized carbons (Fsp3) is 0.188. The van der Waals surface area contributed by atoms with Crippen molar-refractivity contribution >= 4 is 33.6 Å². The fourth-order valence-corrected chi connectivity index (χ4v) is 5.47. The molecule has 1 aliphatic heterocycles. The molecule has 2 N–H and O–H groups in total. The normalized spacial score (nSPS) is 14.5. The first-order valence-corrected chi connectivity index (χ1v) is 17.2. The summed E-state index contributed by atoms with van der Waals surface area (Å²) < 4.78 is 1.50. The van der Waals surface area contributed by atoms with Crippen LogP contribution < -0.4 is 14.4 Å². The van der Waals surface area contributed by atoms with E-state index in [2.05, 4.69) is 65.1 Å². The number of nitrogens with zero attached hydrogens (tertiary/aromatic N) is 3. The van der Waals surface area contributed by atoms with Crippen molar-refractivity contribution in [2.24, 2.45) is 10.2 Å². The molecule has 0 atom stereocenters. The molecule has 0 bridgehead atoms. The number of hydrogen-bond acceptors (Lipinski definition) is 5. The van der Waals surface area contributed by atoms with Gasteiger partial charge in [0.1, 0.15) is 0 Å². The number of amidine groups is 2. The van der Waals surface area contributed by atoms with Crippen molar-refractivity contribution in [2.75, 3.05) is 0 Å². The van der Waals surface area contributed by atoms with Gasteiger partial charge in [-0.25, -0.2) is 0 Å². The van der Waals surface area contributed by atoms with Gasteiger partial charge in [-0.1, -0.05) is 0 Å². The summed E-state index contributed by atoms with van der Waals surface area (Å²) >= 11 is -2.00. The molecule has 0 fully saturated rings. The molecule has 0 saturated heterocycles. The van der Waals surface area contributed by atoms with Gasteiger partial charge < -0.3 is 0 Å². The Morgan fingerprint density at radius 1 is 0.818 bits per heavy atom. The monoisotopic (exact) mass is 401 g/mol. The van der Waals surface area contributed by atoms with Crippen molar-refractivity contribution in [2.45, 2.75) is 14.8 Å². The molecular weight excluding hydrogens is 381 g/mol. The molecule has 1 aromatic heterocycles. The summed E-state index contributed by atoms with van der Waals surface area (Å²) in [6.45, 7) is 0. The van der Waals surface area contributed by atoms with Gasteiger partial charge in [0.15, 0.2) is 0 Å². The van der Waals surface area contributed by atoms with Gasteiger partial charge in [-0.15, -0.1) is 0 Å². The first-order valence-electron chi connectivity index (χ1n) is 7.24.